The molecule has 13 nitrogen and oxygen atoms in total. The van der Waals surface area contributed by atoms with Crippen molar-refractivity contribution in [3.05, 3.63) is 0 Å². The molecule has 2 unspecified atom stereocenters. The van der Waals surface area contributed by atoms with Gasteiger partial charge in [-0.05, 0) is 57.8 Å². The largest absolute Gasteiger partial charge is 0.370 e. The van der Waals surface area contributed by atoms with Crippen molar-refractivity contribution in [1.82, 2.24) is 20.9 Å². The molecule has 0 aromatic carbocycles. The molecular weight excluding hydrogens is 753 g/mol. The van der Waals surface area contributed by atoms with Crippen LogP contribution in [0.25, 0.3) is 0 Å². The quantitative estimate of drug-likeness (QED) is 0.110. The molecule has 48 heavy (non-hydrogen) atoms. The van der Waals surface area contributed by atoms with Gasteiger partial charge in [-0.2, -0.15) is 0 Å². The minimum Gasteiger partial charge on any atom is -0.370 e. The van der Waals surface area contributed by atoms with Gasteiger partial charge in [-0.3, -0.25) is 19.2 Å². The van der Waals surface area contributed by atoms with E-state index in [4.69, 9.17) is 10.5 Å². The van der Waals surface area contributed by atoms with Crippen molar-refractivity contribution in [1.29, 1.82) is 0 Å². The summed E-state index contributed by atoms with van der Waals surface area (Å²) in [4.78, 5) is 68.2. The second-order valence-electron chi connectivity index (χ2n) is 15.2. The number of carbonyl (C=O) groups is 5. The maximum atomic E-state index is 14.6. The molecule has 15 heteroatoms. The molecule has 1 saturated heterocycles. The zero-order chi connectivity index (χ0) is 35.3. The van der Waals surface area contributed by atoms with E-state index in [1.165, 1.54) is 11.2 Å². The van der Waals surface area contributed by atoms with E-state index in [1.54, 1.807) is 0 Å². The molecule has 5 N–H and O–H groups in total. The summed E-state index contributed by atoms with van der Waals surface area (Å²) in [6.07, 6.45) is 10.8. The number of rotatable bonds is 15. The normalized spacial score (nSPS) is 24.7. The van der Waals surface area contributed by atoms with Gasteiger partial charge in [0.25, 0.3) is 5.91 Å². The molecular formula is C33H54IN5O8S. The summed E-state index contributed by atoms with van der Waals surface area (Å²) < 4.78 is 31.8. The highest BCUT2D eigenvalue weighted by Crippen LogP contribution is 2.35. The third-order valence-corrected chi connectivity index (χ3v) is 13.1. The summed E-state index contributed by atoms with van der Waals surface area (Å²) in [7, 11) is -3.40. The standard InChI is InChI=1S/C33H54IN5O8S/c1-32(2,19-34)47-23-17-25(29(42)36-24(16-21-12-13-21)27(40)28(35)41)39(18-23)30(43)26(22-10-6-4-7-11-22)37-31(44)38-33(20-48(3,45)46)14-8-5-9-15-33/h21-26H,4-20H2,1-3H3,(H2,35,41)(H,36,42)(H2,37,38,44)/t23?,24?,25-,26-/m0/s1. The zero-order valence-electron chi connectivity index (χ0n) is 28.6. The Morgan fingerprint density at radius 2 is 1.60 bits per heavy atom. The van der Waals surface area contributed by atoms with Crippen molar-refractivity contribution in [3.8, 4) is 0 Å². The molecule has 4 aliphatic rings. The summed E-state index contributed by atoms with van der Waals surface area (Å²) in [5, 5.41) is 8.65. The van der Waals surface area contributed by atoms with E-state index >= 15 is 0 Å². The van der Waals surface area contributed by atoms with Crippen LogP contribution in [0.1, 0.15) is 104 Å². The number of nitrogens with one attached hydrogen (secondary N) is 3. The summed E-state index contributed by atoms with van der Waals surface area (Å²) in [5.74, 6) is -3.11. The van der Waals surface area contributed by atoms with E-state index in [9.17, 15) is 32.4 Å². The van der Waals surface area contributed by atoms with E-state index in [1.807, 2.05) is 13.8 Å². The number of hydrogen-bond donors (Lipinski definition) is 4. The first kappa shape index (κ1) is 38.8. The van der Waals surface area contributed by atoms with Crippen molar-refractivity contribution >= 4 is 62.0 Å². The minimum absolute atomic E-state index is 0.110. The maximum Gasteiger partial charge on any atom is 0.315 e. The topological polar surface area (TPSA) is 194 Å². The number of alkyl halides is 1. The minimum atomic E-state index is -3.40. The van der Waals surface area contributed by atoms with Crippen LogP contribution in [-0.2, 0) is 33.8 Å². The number of Topliss-reactive ketones (excluding diaryl/α,β-unsaturated/α-hetero) is 1. The van der Waals surface area contributed by atoms with Crippen LogP contribution >= 0.6 is 22.6 Å². The number of amides is 5. The molecule has 0 bridgehead atoms. The third kappa shape index (κ3) is 11.0. The SMILES string of the molecule is CC(C)(CI)OC1C[C@@H](C(=O)NC(CC2CC2)C(=O)C(N)=O)N(C(=O)[C@@H](NC(=O)NC2(CS(C)(=O)=O)CCCCC2)C2CCCCC2)C1. The highest BCUT2D eigenvalue weighted by molar-refractivity contribution is 14.1. The van der Waals surface area contributed by atoms with Gasteiger partial charge in [-0.15, -0.1) is 0 Å². The predicted molar refractivity (Wildman–Crippen MR) is 189 cm³/mol. The zero-order valence-corrected chi connectivity index (χ0v) is 31.5. The molecule has 0 aromatic rings. The van der Waals surface area contributed by atoms with E-state index in [-0.39, 0.29) is 30.6 Å². The molecule has 4 atom stereocenters. The van der Waals surface area contributed by atoms with Crippen LogP contribution in [0.2, 0.25) is 0 Å². The Labute approximate surface area is 298 Å². The van der Waals surface area contributed by atoms with Gasteiger partial charge in [0.15, 0.2) is 0 Å². The first-order valence-electron chi connectivity index (χ1n) is 17.5. The fraction of sp³-hybridized carbons (Fsp3) is 0.848. The number of hydrogen-bond acceptors (Lipinski definition) is 8. The Balaban J connectivity index is 1.59. The molecule has 0 aromatic heterocycles. The average Bonchev–Trinajstić information content (AvgIpc) is 3.74. The van der Waals surface area contributed by atoms with E-state index in [0.29, 0.717) is 36.5 Å². The molecule has 5 amide bonds. The van der Waals surface area contributed by atoms with Gasteiger partial charge < -0.3 is 31.3 Å². The van der Waals surface area contributed by atoms with Crippen molar-refractivity contribution in [2.75, 3.05) is 23.0 Å². The monoisotopic (exact) mass is 807 g/mol. The maximum absolute atomic E-state index is 14.6. The second-order valence-corrected chi connectivity index (χ2v) is 18.1. The Hall–Kier alpha value is -2.01. The Kier molecular flexibility index (Phi) is 13.2. The summed E-state index contributed by atoms with van der Waals surface area (Å²) in [6.45, 7) is 3.98. The molecule has 0 radical (unpaired) electrons. The molecule has 1 aliphatic heterocycles. The number of carbonyl (C=O) groups excluding carboxylic acids is 5. The Bertz CT molecular complexity index is 1310. The highest BCUT2D eigenvalue weighted by atomic mass is 127. The molecule has 3 aliphatic carbocycles. The number of primary amides is 1. The number of likely N-dealkylation sites (tertiary alicyclic amines) is 1. The summed E-state index contributed by atoms with van der Waals surface area (Å²) in [5.41, 5.74) is 3.87. The number of halogens is 1. The Morgan fingerprint density at radius 1 is 0.979 bits per heavy atom. The average molecular weight is 808 g/mol. The van der Waals surface area contributed by atoms with Gasteiger partial charge in [0.1, 0.15) is 21.9 Å². The summed E-state index contributed by atoms with van der Waals surface area (Å²) >= 11 is 2.23. The molecule has 1 heterocycles. The highest BCUT2D eigenvalue weighted by Gasteiger charge is 2.47. The third-order valence-electron chi connectivity index (χ3n) is 10.2. The van der Waals surface area contributed by atoms with E-state index in [2.05, 4.69) is 38.5 Å². The number of sulfone groups is 1. The van der Waals surface area contributed by atoms with Gasteiger partial charge in [0, 0.05) is 23.6 Å². The number of nitrogens with two attached hydrogens (primary N) is 1. The van der Waals surface area contributed by atoms with Crippen LogP contribution in [0.15, 0.2) is 0 Å². The smallest absolute Gasteiger partial charge is 0.315 e. The van der Waals surface area contributed by atoms with Crippen LogP contribution in [0.4, 0.5) is 4.79 Å². The lowest BCUT2D eigenvalue weighted by molar-refractivity contribution is -0.143. The van der Waals surface area contributed by atoms with Gasteiger partial charge in [-0.1, -0.05) is 74.0 Å². The molecule has 4 rings (SSSR count). The molecule has 4 fully saturated rings. The lowest BCUT2D eigenvalue weighted by Gasteiger charge is -2.39. The van der Waals surface area contributed by atoms with Crippen LogP contribution in [0, 0.1) is 11.8 Å². The van der Waals surface area contributed by atoms with Gasteiger partial charge in [0.2, 0.25) is 17.6 Å². The molecule has 3 saturated carbocycles. The number of ether oxygens (including phenoxy) is 1. The number of ketones is 1. The number of nitrogens with zero attached hydrogens (tertiary/aromatic N) is 1. The fourth-order valence-electron chi connectivity index (χ4n) is 7.70. The van der Waals surface area contributed by atoms with Crippen molar-refractivity contribution in [2.24, 2.45) is 17.6 Å². The molecule has 272 valence electrons. The van der Waals surface area contributed by atoms with Crippen molar-refractivity contribution in [3.63, 3.8) is 0 Å². The van der Waals surface area contributed by atoms with Gasteiger partial charge in [0.05, 0.1) is 29.0 Å². The van der Waals surface area contributed by atoms with Crippen LogP contribution < -0.4 is 21.7 Å². The van der Waals surface area contributed by atoms with E-state index in [0.717, 1.165) is 51.4 Å². The second kappa shape index (κ2) is 16.3. The van der Waals surface area contributed by atoms with Crippen LogP contribution in [0.5, 0.6) is 0 Å². The molecule has 0 spiro atoms. The van der Waals surface area contributed by atoms with Gasteiger partial charge >= 0.3 is 6.03 Å². The van der Waals surface area contributed by atoms with Crippen molar-refractivity contribution < 1.29 is 37.1 Å². The first-order chi connectivity index (χ1) is 22.5. The Morgan fingerprint density at radius 3 is 2.17 bits per heavy atom. The summed E-state index contributed by atoms with van der Waals surface area (Å²) in [6, 6.07) is -3.63. The van der Waals surface area contributed by atoms with Crippen molar-refractivity contribution in [2.45, 2.75) is 139 Å². The predicted octanol–water partition coefficient (Wildman–Crippen LogP) is 2.52. The van der Waals surface area contributed by atoms with E-state index < -0.39 is 74.7 Å². The lowest BCUT2D eigenvalue weighted by atomic mass is 9.82. The van der Waals surface area contributed by atoms with Crippen LogP contribution in [0.3, 0.4) is 0 Å². The van der Waals surface area contributed by atoms with Gasteiger partial charge in [-0.25, -0.2) is 13.2 Å². The fourth-order valence-corrected chi connectivity index (χ4v) is 9.24. The lowest BCUT2D eigenvalue weighted by Crippen LogP contribution is -2.62. The number of urea groups is 1. The first-order valence-corrected chi connectivity index (χ1v) is 21.0. The van der Waals surface area contributed by atoms with Crippen LogP contribution in [-0.4, -0.2) is 101 Å².